The van der Waals surface area contributed by atoms with Crippen LogP contribution in [0.4, 0.5) is 4.79 Å². The van der Waals surface area contributed by atoms with E-state index in [4.69, 9.17) is 15.2 Å². The summed E-state index contributed by atoms with van der Waals surface area (Å²) in [6, 6.07) is 17.2. The van der Waals surface area contributed by atoms with Gasteiger partial charge in [0.05, 0.1) is 6.10 Å². The Morgan fingerprint density at radius 2 is 1.44 bits per heavy atom. The zero-order valence-electron chi connectivity index (χ0n) is 14.9. The molecule has 0 saturated heterocycles. The molecule has 0 radical (unpaired) electrons. The van der Waals surface area contributed by atoms with Gasteiger partial charge in [-0.2, -0.15) is 0 Å². The smallest absolute Gasteiger partial charge is 0.407 e. The first kappa shape index (κ1) is 20.4. The van der Waals surface area contributed by atoms with E-state index in [2.05, 4.69) is 5.32 Å². The molecule has 7 heteroatoms. The summed E-state index contributed by atoms with van der Waals surface area (Å²) in [4.78, 5) is 23.5. The summed E-state index contributed by atoms with van der Waals surface area (Å²) in [5, 5.41) is 12.5. The predicted octanol–water partition coefficient (Wildman–Crippen LogP) is 1.73. The first-order valence-electron chi connectivity index (χ1n) is 8.65. The van der Waals surface area contributed by atoms with Crippen molar-refractivity contribution in [3.63, 3.8) is 0 Å². The highest BCUT2D eigenvalue weighted by atomic mass is 16.5. The predicted molar refractivity (Wildman–Crippen MR) is 99.5 cm³/mol. The molecular formula is C20H24N2O5. The Balaban J connectivity index is 1.62. The number of carbonyl (C=O) groups is 2. The molecule has 0 fully saturated rings. The Morgan fingerprint density at radius 1 is 0.926 bits per heavy atom. The number of nitrogens with two attached hydrogens (primary N) is 1. The standard InChI is InChI=1S/C20H24N2O5/c21-18(19(24)26-13-15-7-3-1-4-8-15)17(23)11-12-22-20(25)27-14-16-9-5-2-6-10-16/h1-10,17-18,23H,11-14,21H2,(H,22,25)/t17?,18-/m0/s1. The van der Waals surface area contributed by atoms with E-state index in [9.17, 15) is 14.7 Å². The number of esters is 1. The van der Waals surface area contributed by atoms with Gasteiger partial charge in [-0.3, -0.25) is 4.79 Å². The molecule has 2 aromatic rings. The third kappa shape index (κ3) is 7.47. The maximum absolute atomic E-state index is 11.9. The van der Waals surface area contributed by atoms with Crippen LogP contribution in [0.15, 0.2) is 60.7 Å². The van der Waals surface area contributed by atoms with Crippen LogP contribution in [0.1, 0.15) is 17.5 Å². The van der Waals surface area contributed by atoms with Gasteiger partial charge in [-0.05, 0) is 17.5 Å². The van der Waals surface area contributed by atoms with Crippen molar-refractivity contribution < 1.29 is 24.2 Å². The number of aliphatic hydroxyl groups is 1. The van der Waals surface area contributed by atoms with Gasteiger partial charge in [-0.15, -0.1) is 0 Å². The topological polar surface area (TPSA) is 111 Å². The fraction of sp³-hybridized carbons (Fsp3) is 0.300. The van der Waals surface area contributed by atoms with Gasteiger partial charge < -0.3 is 25.6 Å². The van der Waals surface area contributed by atoms with Crippen molar-refractivity contribution in [2.75, 3.05) is 6.54 Å². The van der Waals surface area contributed by atoms with E-state index >= 15 is 0 Å². The van der Waals surface area contributed by atoms with E-state index < -0.39 is 24.2 Å². The zero-order valence-corrected chi connectivity index (χ0v) is 14.9. The maximum Gasteiger partial charge on any atom is 0.407 e. The summed E-state index contributed by atoms with van der Waals surface area (Å²) in [6.07, 6.45) is -1.64. The Hall–Kier alpha value is -2.90. The second-order valence-corrected chi connectivity index (χ2v) is 5.96. The van der Waals surface area contributed by atoms with Gasteiger partial charge in [0.15, 0.2) is 0 Å². The molecule has 1 amide bonds. The lowest BCUT2D eigenvalue weighted by Crippen LogP contribution is -2.44. The van der Waals surface area contributed by atoms with Crippen molar-refractivity contribution in [2.24, 2.45) is 5.73 Å². The van der Waals surface area contributed by atoms with Crippen molar-refractivity contribution >= 4 is 12.1 Å². The lowest BCUT2D eigenvalue weighted by atomic mass is 10.1. The van der Waals surface area contributed by atoms with E-state index in [-0.39, 0.29) is 26.2 Å². The SMILES string of the molecule is N[C@H](C(=O)OCc1ccccc1)C(O)CCNC(=O)OCc1ccccc1. The second kappa shape index (κ2) is 10.9. The van der Waals surface area contributed by atoms with E-state index in [1.54, 1.807) is 0 Å². The molecule has 27 heavy (non-hydrogen) atoms. The Bertz CT molecular complexity index is 709. The van der Waals surface area contributed by atoms with Crippen LogP contribution in [0.25, 0.3) is 0 Å². The van der Waals surface area contributed by atoms with Gasteiger partial charge in [0.2, 0.25) is 0 Å². The number of amides is 1. The van der Waals surface area contributed by atoms with E-state index in [1.807, 2.05) is 60.7 Å². The number of nitrogens with one attached hydrogen (secondary N) is 1. The highest BCUT2D eigenvalue weighted by Gasteiger charge is 2.24. The summed E-state index contributed by atoms with van der Waals surface area (Å²) < 4.78 is 10.1. The summed E-state index contributed by atoms with van der Waals surface area (Å²) in [5.74, 6) is -0.696. The number of alkyl carbamates (subject to hydrolysis) is 1. The van der Waals surface area contributed by atoms with E-state index in [0.29, 0.717) is 0 Å². The monoisotopic (exact) mass is 372 g/mol. The van der Waals surface area contributed by atoms with Crippen LogP contribution in [0.3, 0.4) is 0 Å². The van der Waals surface area contributed by atoms with Crippen molar-refractivity contribution in [2.45, 2.75) is 31.8 Å². The molecule has 0 bridgehead atoms. The molecule has 2 atom stereocenters. The Morgan fingerprint density at radius 3 is 2.00 bits per heavy atom. The van der Waals surface area contributed by atoms with Crippen LogP contribution in [-0.4, -0.2) is 35.9 Å². The van der Waals surface area contributed by atoms with Crippen molar-refractivity contribution in [1.82, 2.24) is 5.32 Å². The normalized spacial score (nSPS) is 12.7. The van der Waals surface area contributed by atoms with Gasteiger partial charge >= 0.3 is 12.1 Å². The molecule has 2 aromatic carbocycles. The van der Waals surface area contributed by atoms with Gasteiger partial charge in [-0.25, -0.2) is 4.79 Å². The molecule has 4 N–H and O–H groups in total. The molecule has 0 aromatic heterocycles. The molecular weight excluding hydrogens is 348 g/mol. The Kier molecular flexibility index (Phi) is 8.28. The summed E-state index contributed by atoms with van der Waals surface area (Å²) in [7, 11) is 0. The largest absolute Gasteiger partial charge is 0.460 e. The molecule has 0 saturated carbocycles. The number of aliphatic hydroxyl groups excluding tert-OH is 1. The van der Waals surface area contributed by atoms with Gasteiger partial charge in [0, 0.05) is 6.54 Å². The van der Waals surface area contributed by atoms with E-state index in [0.717, 1.165) is 11.1 Å². The third-order valence-electron chi connectivity index (χ3n) is 3.83. The first-order valence-corrected chi connectivity index (χ1v) is 8.65. The lowest BCUT2D eigenvalue weighted by molar-refractivity contribution is -0.149. The fourth-order valence-corrected chi connectivity index (χ4v) is 2.26. The Labute approximate surface area is 158 Å². The average molecular weight is 372 g/mol. The third-order valence-corrected chi connectivity index (χ3v) is 3.83. The molecule has 0 aliphatic carbocycles. The molecule has 0 spiro atoms. The second-order valence-electron chi connectivity index (χ2n) is 5.96. The van der Waals surface area contributed by atoms with Gasteiger partial charge in [-0.1, -0.05) is 60.7 Å². The van der Waals surface area contributed by atoms with E-state index in [1.165, 1.54) is 0 Å². The van der Waals surface area contributed by atoms with Crippen LogP contribution in [0.2, 0.25) is 0 Å². The number of hydrogen-bond donors (Lipinski definition) is 3. The van der Waals surface area contributed by atoms with Gasteiger partial charge in [0.1, 0.15) is 19.3 Å². The number of carbonyl (C=O) groups excluding carboxylic acids is 2. The summed E-state index contributed by atoms with van der Waals surface area (Å²) in [5.41, 5.74) is 7.41. The zero-order chi connectivity index (χ0) is 19.5. The first-order chi connectivity index (χ1) is 13.1. The highest BCUT2D eigenvalue weighted by molar-refractivity contribution is 5.76. The minimum atomic E-state index is -1.18. The maximum atomic E-state index is 11.9. The number of benzene rings is 2. The number of hydrogen-bond acceptors (Lipinski definition) is 6. The summed E-state index contributed by atoms with van der Waals surface area (Å²) in [6.45, 7) is 0.360. The van der Waals surface area contributed by atoms with Crippen LogP contribution in [0, 0.1) is 0 Å². The molecule has 7 nitrogen and oxygen atoms in total. The van der Waals surface area contributed by atoms with Crippen molar-refractivity contribution in [3.05, 3.63) is 71.8 Å². The van der Waals surface area contributed by atoms with Crippen molar-refractivity contribution in [3.8, 4) is 0 Å². The minimum Gasteiger partial charge on any atom is -0.460 e. The molecule has 1 unspecified atom stereocenters. The van der Waals surface area contributed by atoms with Crippen LogP contribution in [-0.2, 0) is 27.5 Å². The number of ether oxygens (including phenoxy) is 2. The molecule has 0 heterocycles. The van der Waals surface area contributed by atoms with Crippen molar-refractivity contribution in [1.29, 1.82) is 0 Å². The molecule has 144 valence electrons. The molecule has 2 rings (SSSR count). The number of rotatable bonds is 9. The molecule has 0 aliphatic heterocycles. The highest BCUT2D eigenvalue weighted by Crippen LogP contribution is 2.05. The minimum absolute atomic E-state index is 0.0875. The van der Waals surface area contributed by atoms with Crippen LogP contribution in [0.5, 0.6) is 0 Å². The summed E-state index contributed by atoms with van der Waals surface area (Å²) >= 11 is 0. The van der Waals surface area contributed by atoms with Crippen LogP contribution < -0.4 is 11.1 Å². The molecule has 0 aliphatic rings. The fourth-order valence-electron chi connectivity index (χ4n) is 2.26. The average Bonchev–Trinajstić information content (AvgIpc) is 2.71. The lowest BCUT2D eigenvalue weighted by Gasteiger charge is -2.18. The quantitative estimate of drug-likeness (QED) is 0.578. The van der Waals surface area contributed by atoms with Crippen LogP contribution >= 0.6 is 0 Å². The van der Waals surface area contributed by atoms with Gasteiger partial charge in [0.25, 0.3) is 0 Å².